The molecule has 0 unspecified atom stereocenters. The summed E-state index contributed by atoms with van der Waals surface area (Å²) in [7, 11) is 2.28. The van der Waals surface area contributed by atoms with Gasteiger partial charge in [0.1, 0.15) is 0 Å². The highest BCUT2D eigenvalue weighted by atomic mass is 15.2. The lowest BCUT2D eigenvalue weighted by atomic mass is 9.98. The third-order valence-electron chi connectivity index (χ3n) is 3.37. The molecule has 1 saturated carbocycles. The lowest BCUT2D eigenvalue weighted by Gasteiger charge is -2.22. The third kappa shape index (κ3) is 1.80. The molecular formula is C10H20N2. The molecule has 2 rings (SSSR count). The standard InChI is InChI=1S/C10H20N2/c1-8-5-11-6-9(8)7-12(2)10-3-4-10/h8-11H,3-7H2,1-2H3/t8-,9+/m1/s1. The number of rotatable bonds is 3. The molecule has 1 heterocycles. The van der Waals surface area contributed by atoms with Crippen molar-refractivity contribution in [2.75, 3.05) is 26.7 Å². The fraction of sp³-hybridized carbons (Fsp3) is 1.00. The second-order valence-corrected chi connectivity index (χ2v) is 4.57. The Balaban J connectivity index is 1.76. The van der Waals surface area contributed by atoms with E-state index in [4.69, 9.17) is 0 Å². The second-order valence-electron chi connectivity index (χ2n) is 4.57. The van der Waals surface area contributed by atoms with E-state index >= 15 is 0 Å². The molecule has 70 valence electrons. The van der Waals surface area contributed by atoms with Gasteiger partial charge in [-0.2, -0.15) is 0 Å². The van der Waals surface area contributed by atoms with Crippen molar-refractivity contribution in [2.45, 2.75) is 25.8 Å². The van der Waals surface area contributed by atoms with E-state index in [1.807, 2.05) is 0 Å². The van der Waals surface area contributed by atoms with Gasteiger partial charge in [0.25, 0.3) is 0 Å². The van der Waals surface area contributed by atoms with Crippen LogP contribution < -0.4 is 5.32 Å². The molecule has 1 saturated heterocycles. The Morgan fingerprint density at radius 3 is 2.58 bits per heavy atom. The molecule has 2 nitrogen and oxygen atoms in total. The Morgan fingerprint density at radius 1 is 1.33 bits per heavy atom. The summed E-state index contributed by atoms with van der Waals surface area (Å²) in [6.07, 6.45) is 2.87. The molecule has 0 amide bonds. The molecular weight excluding hydrogens is 148 g/mol. The van der Waals surface area contributed by atoms with Crippen LogP contribution in [0, 0.1) is 11.8 Å². The van der Waals surface area contributed by atoms with Crippen LogP contribution in [0.4, 0.5) is 0 Å². The minimum absolute atomic E-state index is 0.881. The van der Waals surface area contributed by atoms with Crippen LogP contribution in [0.25, 0.3) is 0 Å². The van der Waals surface area contributed by atoms with Crippen molar-refractivity contribution in [1.82, 2.24) is 10.2 Å². The van der Waals surface area contributed by atoms with E-state index in [9.17, 15) is 0 Å². The van der Waals surface area contributed by atoms with Gasteiger partial charge >= 0.3 is 0 Å². The van der Waals surface area contributed by atoms with Crippen LogP contribution in [0.3, 0.4) is 0 Å². The van der Waals surface area contributed by atoms with Crippen LogP contribution in [0.1, 0.15) is 19.8 Å². The quantitative estimate of drug-likeness (QED) is 0.674. The van der Waals surface area contributed by atoms with Crippen LogP contribution in [0.2, 0.25) is 0 Å². The molecule has 1 N–H and O–H groups in total. The first kappa shape index (κ1) is 8.52. The van der Waals surface area contributed by atoms with Crippen molar-refractivity contribution in [3.05, 3.63) is 0 Å². The summed E-state index contributed by atoms with van der Waals surface area (Å²) < 4.78 is 0. The maximum atomic E-state index is 3.46. The first-order chi connectivity index (χ1) is 5.77. The van der Waals surface area contributed by atoms with Crippen LogP contribution in [-0.4, -0.2) is 37.6 Å². The highest BCUT2D eigenvalue weighted by Gasteiger charge is 2.30. The van der Waals surface area contributed by atoms with Crippen LogP contribution >= 0.6 is 0 Å². The van der Waals surface area contributed by atoms with E-state index < -0.39 is 0 Å². The molecule has 0 aromatic carbocycles. The van der Waals surface area contributed by atoms with Gasteiger partial charge in [0.2, 0.25) is 0 Å². The van der Waals surface area contributed by atoms with Gasteiger partial charge in [-0.3, -0.25) is 0 Å². The van der Waals surface area contributed by atoms with Crippen molar-refractivity contribution < 1.29 is 0 Å². The lowest BCUT2D eigenvalue weighted by molar-refractivity contribution is 0.251. The zero-order valence-corrected chi connectivity index (χ0v) is 8.21. The number of nitrogens with zero attached hydrogens (tertiary/aromatic N) is 1. The van der Waals surface area contributed by atoms with Crippen molar-refractivity contribution in [1.29, 1.82) is 0 Å². The summed E-state index contributed by atoms with van der Waals surface area (Å²) in [5.41, 5.74) is 0. The minimum atomic E-state index is 0.881. The summed E-state index contributed by atoms with van der Waals surface area (Å²) in [5.74, 6) is 1.78. The van der Waals surface area contributed by atoms with Crippen molar-refractivity contribution in [3.8, 4) is 0 Å². The Kier molecular flexibility index (Phi) is 2.37. The number of nitrogens with one attached hydrogen (secondary N) is 1. The average molecular weight is 168 g/mol. The van der Waals surface area contributed by atoms with E-state index in [1.165, 1.54) is 32.5 Å². The highest BCUT2D eigenvalue weighted by Crippen LogP contribution is 2.27. The number of hydrogen-bond donors (Lipinski definition) is 1. The maximum Gasteiger partial charge on any atom is 0.00934 e. The molecule has 0 radical (unpaired) electrons. The lowest BCUT2D eigenvalue weighted by Crippen LogP contribution is -2.30. The first-order valence-corrected chi connectivity index (χ1v) is 5.18. The fourth-order valence-electron chi connectivity index (χ4n) is 2.14. The Morgan fingerprint density at radius 2 is 2.08 bits per heavy atom. The van der Waals surface area contributed by atoms with Crippen molar-refractivity contribution >= 4 is 0 Å². The molecule has 1 aliphatic heterocycles. The van der Waals surface area contributed by atoms with Crippen molar-refractivity contribution in [3.63, 3.8) is 0 Å². The molecule has 0 aromatic rings. The predicted octanol–water partition coefficient (Wildman–Crippen LogP) is 0.936. The Hall–Kier alpha value is -0.0800. The predicted molar refractivity (Wildman–Crippen MR) is 51.2 cm³/mol. The highest BCUT2D eigenvalue weighted by molar-refractivity contribution is 4.86. The molecule has 2 heteroatoms. The van der Waals surface area contributed by atoms with Gasteiger partial charge in [0.15, 0.2) is 0 Å². The summed E-state index contributed by atoms with van der Waals surface area (Å²) in [6.45, 7) is 6.13. The summed E-state index contributed by atoms with van der Waals surface area (Å²) in [6, 6.07) is 0.929. The fourth-order valence-corrected chi connectivity index (χ4v) is 2.14. The molecule has 2 atom stereocenters. The SMILES string of the molecule is C[C@@H]1CNC[C@H]1CN(C)C1CC1. The van der Waals surface area contributed by atoms with E-state index in [0.717, 1.165) is 17.9 Å². The topological polar surface area (TPSA) is 15.3 Å². The molecule has 2 fully saturated rings. The van der Waals surface area contributed by atoms with E-state index in [2.05, 4.69) is 24.2 Å². The maximum absolute atomic E-state index is 3.46. The molecule has 1 aliphatic carbocycles. The van der Waals surface area contributed by atoms with E-state index in [1.54, 1.807) is 0 Å². The van der Waals surface area contributed by atoms with E-state index in [0.29, 0.717) is 0 Å². The van der Waals surface area contributed by atoms with Gasteiger partial charge in [-0.1, -0.05) is 6.92 Å². The van der Waals surface area contributed by atoms with Gasteiger partial charge in [0.05, 0.1) is 0 Å². The monoisotopic (exact) mass is 168 g/mol. The average Bonchev–Trinajstić information content (AvgIpc) is 2.80. The second kappa shape index (κ2) is 3.35. The normalized spacial score (nSPS) is 36.2. The van der Waals surface area contributed by atoms with Crippen LogP contribution in [0.5, 0.6) is 0 Å². The Labute approximate surface area is 75.3 Å². The smallest absolute Gasteiger partial charge is 0.00934 e. The van der Waals surface area contributed by atoms with Gasteiger partial charge in [-0.15, -0.1) is 0 Å². The van der Waals surface area contributed by atoms with Gasteiger partial charge in [-0.05, 0) is 44.8 Å². The minimum Gasteiger partial charge on any atom is -0.316 e. The zero-order valence-electron chi connectivity index (χ0n) is 8.21. The van der Waals surface area contributed by atoms with Gasteiger partial charge in [0, 0.05) is 12.6 Å². The molecule has 0 aromatic heterocycles. The first-order valence-electron chi connectivity index (χ1n) is 5.18. The molecule has 2 aliphatic rings. The van der Waals surface area contributed by atoms with Crippen molar-refractivity contribution in [2.24, 2.45) is 11.8 Å². The summed E-state index contributed by atoms with van der Waals surface area (Å²) in [4.78, 5) is 2.55. The van der Waals surface area contributed by atoms with E-state index in [-0.39, 0.29) is 0 Å². The summed E-state index contributed by atoms with van der Waals surface area (Å²) in [5, 5.41) is 3.46. The molecule has 0 bridgehead atoms. The number of hydrogen-bond acceptors (Lipinski definition) is 2. The van der Waals surface area contributed by atoms with Crippen LogP contribution in [-0.2, 0) is 0 Å². The molecule has 12 heavy (non-hydrogen) atoms. The zero-order chi connectivity index (χ0) is 8.55. The Bertz CT molecular complexity index is 154. The summed E-state index contributed by atoms with van der Waals surface area (Å²) >= 11 is 0. The van der Waals surface area contributed by atoms with Gasteiger partial charge in [-0.25, -0.2) is 0 Å². The molecule has 0 spiro atoms. The third-order valence-corrected chi connectivity index (χ3v) is 3.37. The van der Waals surface area contributed by atoms with Gasteiger partial charge < -0.3 is 10.2 Å². The van der Waals surface area contributed by atoms with Crippen LogP contribution in [0.15, 0.2) is 0 Å². The largest absolute Gasteiger partial charge is 0.316 e.